The van der Waals surface area contributed by atoms with Gasteiger partial charge in [0.15, 0.2) is 0 Å². The van der Waals surface area contributed by atoms with Crippen LogP contribution in [0.2, 0.25) is 0 Å². The average molecular weight is 315 g/mol. The molecule has 23 heavy (non-hydrogen) atoms. The Balaban J connectivity index is 2.13. The van der Waals surface area contributed by atoms with Crippen molar-refractivity contribution in [3.8, 4) is 5.75 Å². The lowest BCUT2D eigenvalue weighted by atomic mass is 10.2. The summed E-state index contributed by atoms with van der Waals surface area (Å²) in [7, 11) is 0. The Morgan fingerprint density at radius 2 is 2.04 bits per heavy atom. The quantitative estimate of drug-likeness (QED) is 0.680. The van der Waals surface area contributed by atoms with Gasteiger partial charge in [0.05, 0.1) is 5.69 Å². The molecule has 0 aliphatic carbocycles. The maximum Gasteiger partial charge on any atom is 0.362 e. The first-order valence-corrected chi connectivity index (χ1v) is 7.58. The van der Waals surface area contributed by atoms with Crippen molar-refractivity contribution in [2.75, 3.05) is 5.32 Å². The van der Waals surface area contributed by atoms with Crippen molar-refractivity contribution in [2.45, 2.75) is 34.2 Å². The maximum atomic E-state index is 12.3. The molecule has 0 atom stereocenters. The Hall–Kier alpha value is -2.63. The zero-order valence-corrected chi connectivity index (χ0v) is 13.8. The summed E-state index contributed by atoms with van der Waals surface area (Å²) < 4.78 is 6.99. The van der Waals surface area contributed by atoms with E-state index in [1.54, 1.807) is 35.0 Å². The molecule has 0 bridgehead atoms. The summed E-state index contributed by atoms with van der Waals surface area (Å²) in [5, 5.41) is 7.00. The number of amides is 1. The van der Waals surface area contributed by atoms with Gasteiger partial charge in [0.25, 0.3) is 0 Å². The first-order chi connectivity index (χ1) is 10.9. The number of anilines is 1. The van der Waals surface area contributed by atoms with Crippen LogP contribution in [0.5, 0.6) is 5.75 Å². The predicted molar refractivity (Wildman–Crippen MR) is 87.5 cm³/mol. The van der Waals surface area contributed by atoms with Gasteiger partial charge in [0.2, 0.25) is 5.91 Å². The molecule has 122 valence electrons. The molecule has 6 nitrogen and oxygen atoms in total. The Morgan fingerprint density at radius 3 is 2.70 bits per heavy atom. The van der Waals surface area contributed by atoms with E-state index in [1.807, 2.05) is 27.7 Å². The summed E-state index contributed by atoms with van der Waals surface area (Å²) in [4.78, 5) is 24.0. The van der Waals surface area contributed by atoms with Gasteiger partial charge in [-0.1, -0.05) is 19.9 Å². The fraction of sp³-hybridized carbons (Fsp3) is 0.353. The Bertz CT molecular complexity index is 720. The molecule has 0 saturated heterocycles. The van der Waals surface area contributed by atoms with Gasteiger partial charge in [-0.15, -0.1) is 0 Å². The highest BCUT2D eigenvalue weighted by atomic mass is 16.5. The zero-order chi connectivity index (χ0) is 17.0. The molecule has 0 radical (unpaired) electrons. The van der Waals surface area contributed by atoms with E-state index in [0.717, 1.165) is 5.69 Å². The summed E-state index contributed by atoms with van der Waals surface area (Å²) in [6, 6.07) is 8.45. The molecule has 1 N–H and O–H groups in total. The molecule has 1 amide bonds. The van der Waals surface area contributed by atoms with Gasteiger partial charge in [0, 0.05) is 24.2 Å². The Morgan fingerprint density at radius 1 is 1.30 bits per heavy atom. The minimum atomic E-state index is -0.472. The molecular formula is C17H21N3O3. The van der Waals surface area contributed by atoms with E-state index in [1.165, 1.54) is 0 Å². The molecule has 1 aromatic heterocycles. The van der Waals surface area contributed by atoms with Crippen molar-refractivity contribution >= 4 is 17.6 Å². The second-order valence-corrected chi connectivity index (χ2v) is 5.55. The second kappa shape index (κ2) is 7.09. The van der Waals surface area contributed by atoms with Gasteiger partial charge >= 0.3 is 5.97 Å². The van der Waals surface area contributed by atoms with E-state index in [9.17, 15) is 9.59 Å². The topological polar surface area (TPSA) is 73.2 Å². The number of aryl methyl sites for hydroxylation is 2. The number of esters is 1. The van der Waals surface area contributed by atoms with Crippen LogP contribution in [0.15, 0.2) is 30.3 Å². The van der Waals surface area contributed by atoms with Crippen molar-refractivity contribution in [1.82, 2.24) is 9.78 Å². The largest absolute Gasteiger partial charge is 0.422 e. The predicted octanol–water partition coefficient (Wildman–Crippen LogP) is 3.03. The number of carbonyl (C=O) groups is 2. The van der Waals surface area contributed by atoms with Crippen LogP contribution in [0.4, 0.5) is 5.69 Å². The SMILES string of the molecule is CCn1nc(C)cc1C(=O)Oc1cccc(NC(=O)C(C)C)c1. The standard InChI is InChI=1S/C17H21N3O3/c1-5-20-15(9-12(4)19-20)17(22)23-14-8-6-7-13(10-14)18-16(21)11(2)3/h6-11H,5H2,1-4H3,(H,18,21). The fourth-order valence-corrected chi connectivity index (χ4v) is 2.03. The lowest BCUT2D eigenvalue weighted by molar-refractivity contribution is -0.118. The van der Waals surface area contributed by atoms with Gasteiger partial charge in [-0.25, -0.2) is 4.79 Å². The number of benzene rings is 1. The molecule has 0 aliphatic rings. The average Bonchev–Trinajstić information content (AvgIpc) is 2.88. The highest BCUT2D eigenvalue weighted by Gasteiger charge is 2.16. The van der Waals surface area contributed by atoms with Gasteiger partial charge in [-0.05, 0) is 32.0 Å². The molecule has 0 saturated carbocycles. The highest BCUT2D eigenvalue weighted by molar-refractivity contribution is 5.93. The van der Waals surface area contributed by atoms with Crippen LogP contribution >= 0.6 is 0 Å². The van der Waals surface area contributed by atoms with Crippen molar-refractivity contribution in [2.24, 2.45) is 5.92 Å². The Kier molecular flexibility index (Phi) is 5.16. The first kappa shape index (κ1) is 16.7. The monoisotopic (exact) mass is 315 g/mol. The van der Waals surface area contributed by atoms with E-state index >= 15 is 0 Å². The molecule has 0 spiro atoms. The van der Waals surface area contributed by atoms with Crippen molar-refractivity contribution in [1.29, 1.82) is 0 Å². The van der Waals surface area contributed by atoms with Gasteiger partial charge < -0.3 is 10.1 Å². The highest BCUT2D eigenvalue weighted by Crippen LogP contribution is 2.19. The number of hydrogen-bond acceptors (Lipinski definition) is 4. The van der Waals surface area contributed by atoms with E-state index in [0.29, 0.717) is 23.7 Å². The number of rotatable bonds is 5. The molecule has 2 aromatic rings. The molecule has 1 heterocycles. The molecule has 1 aromatic carbocycles. The van der Waals surface area contributed by atoms with Crippen LogP contribution in [0.3, 0.4) is 0 Å². The normalized spacial score (nSPS) is 10.7. The fourth-order valence-electron chi connectivity index (χ4n) is 2.03. The summed E-state index contributed by atoms with van der Waals surface area (Å²) in [5.74, 6) is -0.311. The summed E-state index contributed by atoms with van der Waals surface area (Å²) in [6.45, 7) is 7.94. The number of ether oxygens (including phenoxy) is 1. The number of carbonyl (C=O) groups excluding carboxylic acids is 2. The van der Waals surface area contributed by atoms with Gasteiger partial charge in [-0.3, -0.25) is 9.48 Å². The number of nitrogens with one attached hydrogen (secondary N) is 1. The number of hydrogen-bond donors (Lipinski definition) is 1. The summed E-state index contributed by atoms with van der Waals surface area (Å²) in [6.07, 6.45) is 0. The minimum absolute atomic E-state index is 0.0897. The van der Waals surface area contributed by atoms with Crippen LogP contribution in [0, 0.1) is 12.8 Å². The van der Waals surface area contributed by atoms with Crippen LogP contribution < -0.4 is 10.1 Å². The van der Waals surface area contributed by atoms with E-state index in [4.69, 9.17) is 4.74 Å². The van der Waals surface area contributed by atoms with Crippen LogP contribution in [-0.2, 0) is 11.3 Å². The van der Waals surface area contributed by atoms with E-state index in [-0.39, 0.29) is 11.8 Å². The van der Waals surface area contributed by atoms with Crippen LogP contribution in [0.1, 0.15) is 37.0 Å². The second-order valence-electron chi connectivity index (χ2n) is 5.55. The van der Waals surface area contributed by atoms with Gasteiger partial charge in [-0.2, -0.15) is 5.10 Å². The van der Waals surface area contributed by atoms with Crippen molar-refractivity contribution in [3.05, 3.63) is 41.7 Å². The third kappa shape index (κ3) is 4.18. The van der Waals surface area contributed by atoms with Crippen LogP contribution in [0.25, 0.3) is 0 Å². The summed E-state index contributed by atoms with van der Waals surface area (Å²) in [5.41, 5.74) is 1.76. The van der Waals surface area contributed by atoms with Crippen molar-refractivity contribution in [3.63, 3.8) is 0 Å². The van der Waals surface area contributed by atoms with Gasteiger partial charge in [0.1, 0.15) is 11.4 Å². The summed E-state index contributed by atoms with van der Waals surface area (Å²) >= 11 is 0. The zero-order valence-electron chi connectivity index (χ0n) is 13.8. The molecule has 2 rings (SSSR count). The lowest BCUT2D eigenvalue weighted by Gasteiger charge is -2.10. The number of aromatic nitrogens is 2. The molecular weight excluding hydrogens is 294 g/mol. The third-order valence-corrected chi connectivity index (χ3v) is 3.25. The maximum absolute atomic E-state index is 12.3. The third-order valence-electron chi connectivity index (χ3n) is 3.25. The van der Waals surface area contributed by atoms with E-state index < -0.39 is 5.97 Å². The smallest absolute Gasteiger partial charge is 0.362 e. The van der Waals surface area contributed by atoms with Crippen molar-refractivity contribution < 1.29 is 14.3 Å². The van der Waals surface area contributed by atoms with Crippen LogP contribution in [-0.4, -0.2) is 21.7 Å². The lowest BCUT2D eigenvalue weighted by Crippen LogP contribution is -2.18. The molecule has 0 fully saturated rings. The number of nitrogens with zero attached hydrogens (tertiary/aromatic N) is 2. The molecule has 0 unspecified atom stereocenters. The Labute approximate surface area is 135 Å². The molecule has 0 aliphatic heterocycles. The molecule has 6 heteroatoms. The minimum Gasteiger partial charge on any atom is -0.422 e. The van der Waals surface area contributed by atoms with E-state index in [2.05, 4.69) is 10.4 Å². The first-order valence-electron chi connectivity index (χ1n) is 7.58.